The second kappa shape index (κ2) is 9.81. The number of hydrogen-bond acceptors (Lipinski definition) is 3. The summed E-state index contributed by atoms with van der Waals surface area (Å²) in [5.41, 5.74) is 13.8. The van der Waals surface area contributed by atoms with E-state index in [1.165, 1.54) is 0 Å². The minimum atomic E-state index is -0.455. The van der Waals surface area contributed by atoms with E-state index in [2.05, 4.69) is 5.32 Å². The van der Waals surface area contributed by atoms with E-state index in [0.29, 0.717) is 18.5 Å². The van der Waals surface area contributed by atoms with E-state index in [1.54, 1.807) is 18.2 Å². The van der Waals surface area contributed by atoms with Gasteiger partial charge in [-0.05, 0) is 29.7 Å². The van der Waals surface area contributed by atoms with Crippen molar-refractivity contribution in [1.29, 1.82) is 0 Å². The molecule has 134 valence electrons. The number of amides is 2. The summed E-state index contributed by atoms with van der Waals surface area (Å²) >= 11 is 0. The van der Waals surface area contributed by atoms with E-state index in [-0.39, 0.29) is 30.3 Å². The molecule has 2 atom stereocenters. The van der Waals surface area contributed by atoms with Crippen molar-refractivity contribution in [3.05, 3.63) is 71.3 Å². The summed E-state index contributed by atoms with van der Waals surface area (Å²) in [6.45, 7) is 2.30. The van der Waals surface area contributed by atoms with Crippen LogP contribution in [0.25, 0.3) is 0 Å². The number of hydrogen-bond donors (Lipinski definition) is 3. The molecule has 0 heterocycles. The van der Waals surface area contributed by atoms with E-state index in [1.807, 2.05) is 43.3 Å². The Morgan fingerprint density at radius 2 is 1.76 bits per heavy atom. The zero-order chi connectivity index (χ0) is 17.5. The van der Waals surface area contributed by atoms with Crippen molar-refractivity contribution >= 4 is 24.2 Å². The molecule has 2 aromatic rings. The smallest absolute Gasteiger partial charge is 0.248 e. The molecule has 5 N–H and O–H groups in total. The topological polar surface area (TPSA) is 98.2 Å². The Kier molecular flexibility index (Phi) is 8.11. The molecule has 0 saturated carbocycles. The van der Waals surface area contributed by atoms with E-state index in [4.69, 9.17) is 11.5 Å². The first-order valence-electron chi connectivity index (χ1n) is 7.96. The number of carbonyl (C=O) groups excluding carboxylic acids is 2. The highest BCUT2D eigenvalue weighted by atomic mass is 35.5. The first-order valence-corrected chi connectivity index (χ1v) is 7.96. The van der Waals surface area contributed by atoms with E-state index in [0.717, 1.165) is 11.1 Å². The maximum atomic E-state index is 12.3. The predicted octanol–water partition coefficient (Wildman–Crippen LogP) is 2.20. The summed E-state index contributed by atoms with van der Waals surface area (Å²) in [5.74, 6) is -0.870. The molecule has 2 unspecified atom stereocenters. The summed E-state index contributed by atoms with van der Waals surface area (Å²) in [6.07, 6.45) is 0.625. The van der Waals surface area contributed by atoms with Crippen molar-refractivity contribution in [2.45, 2.75) is 19.4 Å². The van der Waals surface area contributed by atoms with Crippen LogP contribution >= 0.6 is 12.4 Å². The van der Waals surface area contributed by atoms with Gasteiger partial charge in [0.1, 0.15) is 0 Å². The van der Waals surface area contributed by atoms with Gasteiger partial charge in [0.15, 0.2) is 0 Å². The maximum absolute atomic E-state index is 12.3. The molecule has 0 aliphatic rings. The normalized spacial score (nSPS) is 12.6. The molecule has 0 spiro atoms. The van der Waals surface area contributed by atoms with Gasteiger partial charge < -0.3 is 16.8 Å². The minimum Gasteiger partial charge on any atom is -0.366 e. The lowest BCUT2D eigenvalue weighted by atomic mass is 9.94. The van der Waals surface area contributed by atoms with Gasteiger partial charge in [0.25, 0.3) is 0 Å². The molecule has 6 heteroatoms. The average Bonchev–Trinajstić information content (AvgIpc) is 2.61. The van der Waals surface area contributed by atoms with Crippen LogP contribution in [-0.4, -0.2) is 18.4 Å². The molecule has 0 radical (unpaired) electrons. The van der Waals surface area contributed by atoms with Gasteiger partial charge >= 0.3 is 0 Å². The SMILES string of the molecule is CC(C(=O)NCCc1cccc(C(N)=O)c1)C(N)c1ccccc1.Cl. The average molecular weight is 362 g/mol. The molecule has 0 saturated heterocycles. The molecule has 2 aromatic carbocycles. The predicted molar refractivity (Wildman–Crippen MR) is 101 cm³/mol. The van der Waals surface area contributed by atoms with Gasteiger partial charge in [-0.1, -0.05) is 49.4 Å². The van der Waals surface area contributed by atoms with Crippen LogP contribution in [0, 0.1) is 5.92 Å². The van der Waals surface area contributed by atoms with Gasteiger partial charge in [0, 0.05) is 18.2 Å². The van der Waals surface area contributed by atoms with Crippen molar-refractivity contribution in [2.24, 2.45) is 17.4 Å². The maximum Gasteiger partial charge on any atom is 0.248 e. The Morgan fingerprint density at radius 3 is 2.40 bits per heavy atom. The van der Waals surface area contributed by atoms with Crippen molar-refractivity contribution in [2.75, 3.05) is 6.54 Å². The lowest BCUT2D eigenvalue weighted by Gasteiger charge is -2.19. The number of nitrogens with one attached hydrogen (secondary N) is 1. The lowest BCUT2D eigenvalue weighted by molar-refractivity contribution is -0.125. The molecule has 0 bridgehead atoms. The zero-order valence-electron chi connectivity index (χ0n) is 14.1. The number of rotatable bonds is 7. The van der Waals surface area contributed by atoms with Crippen LogP contribution in [0.2, 0.25) is 0 Å². The Labute approximate surface area is 154 Å². The third-order valence-corrected chi connectivity index (χ3v) is 4.06. The van der Waals surface area contributed by atoms with Gasteiger partial charge in [-0.2, -0.15) is 0 Å². The largest absolute Gasteiger partial charge is 0.366 e. The molecule has 0 aromatic heterocycles. The molecule has 2 rings (SSSR count). The van der Waals surface area contributed by atoms with Gasteiger partial charge in [-0.3, -0.25) is 9.59 Å². The monoisotopic (exact) mass is 361 g/mol. The molecule has 5 nitrogen and oxygen atoms in total. The molecule has 0 aliphatic heterocycles. The van der Waals surface area contributed by atoms with E-state index < -0.39 is 5.91 Å². The van der Waals surface area contributed by atoms with Crippen LogP contribution in [0.4, 0.5) is 0 Å². The van der Waals surface area contributed by atoms with Crippen LogP contribution in [0.1, 0.15) is 34.5 Å². The highest BCUT2D eigenvalue weighted by Gasteiger charge is 2.21. The first-order chi connectivity index (χ1) is 11.5. The number of halogens is 1. The fraction of sp³-hybridized carbons (Fsp3) is 0.263. The second-order valence-electron chi connectivity index (χ2n) is 5.83. The summed E-state index contributed by atoms with van der Waals surface area (Å²) in [6, 6.07) is 16.3. The fourth-order valence-electron chi connectivity index (χ4n) is 2.50. The van der Waals surface area contributed by atoms with Crippen molar-refractivity contribution < 1.29 is 9.59 Å². The standard InChI is InChI=1S/C19H23N3O2.ClH/c1-13(17(20)15-7-3-2-4-8-15)19(24)22-11-10-14-6-5-9-16(12-14)18(21)23;/h2-9,12-13,17H,10-11,20H2,1H3,(H2,21,23)(H,22,24);1H. The minimum absolute atomic E-state index is 0. The third-order valence-electron chi connectivity index (χ3n) is 4.06. The zero-order valence-corrected chi connectivity index (χ0v) is 15.0. The Bertz CT molecular complexity index is 707. The van der Waals surface area contributed by atoms with E-state index in [9.17, 15) is 9.59 Å². The van der Waals surface area contributed by atoms with Crippen molar-refractivity contribution in [3.8, 4) is 0 Å². The first kappa shape index (κ1) is 20.7. The van der Waals surface area contributed by atoms with Gasteiger partial charge in [0.2, 0.25) is 11.8 Å². The van der Waals surface area contributed by atoms with Crippen molar-refractivity contribution in [1.82, 2.24) is 5.32 Å². The molecular formula is C19H24ClN3O2. The van der Waals surface area contributed by atoms with Crippen molar-refractivity contribution in [3.63, 3.8) is 0 Å². The fourth-order valence-corrected chi connectivity index (χ4v) is 2.50. The number of carbonyl (C=O) groups is 2. The Morgan fingerprint density at radius 1 is 1.08 bits per heavy atom. The molecule has 0 aliphatic carbocycles. The number of benzene rings is 2. The Hall–Kier alpha value is -2.37. The molecule has 0 fully saturated rings. The van der Waals surface area contributed by atoms with Crippen LogP contribution in [0.15, 0.2) is 54.6 Å². The summed E-state index contributed by atoms with van der Waals surface area (Å²) in [4.78, 5) is 23.4. The van der Waals surface area contributed by atoms with Gasteiger partial charge in [-0.15, -0.1) is 12.4 Å². The van der Waals surface area contributed by atoms with Crippen LogP contribution < -0.4 is 16.8 Å². The third kappa shape index (κ3) is 5.89. The lowest BCUT2D eigenvalue weighted by Crippen LogP contribution is -2.36. The van der Waals surface area contributed by atoms with E-state index >= 15 is 0 Å². The Balaban J connectivity index is 0.00000312. The molecule has 2 amide bonds. The summed E-state index contributed by atoms with van der Waals surface area (Å²) in [5, 5.41) is 2.90. The van der Waals surface area contributed by atoms with Crippen LogP contribution in [0.3, 0.4) is 0 Å². The van der Waals surface area contributed by atoms with Crippen LogP contribution in [-0.2, 0) is 11.2 Å². The molecule has 25 heavy (non-hydrogen) atoms. The van der Waals surface area contributed by atoms with Crippen LogP contribution in [0.5, 0.6) is 0 Å². The summed E-state index contributed by atoms with van der Waals surface area (Å²) < 4.78 is 0. The molecular weight excluding hydrogens is 338 g/mol. The van der Waals surface area contributed by atoms with Gasteiger partial charge in [-0.25, -0.2) is 0 Å². The number of nitrogens with two attached hydrogens (primary N) is 2. The highest BCUT2D eigenvalue weighted by molar-refractivity contribution is 5.92. The van der Waals surface area contributed by atoms with Gasteiger partial charge in [0.05, 0.1) is 5.92 Å². The quantitative estimate of drug-likeness (QED) is 0.705. The number of primary amides is 1. The summed E-state index contributed by atoms with van der Waals surface area (Å²) in [7, 11) is 0. The second-order valence-corrected chi connectivity index (χ2v) is 5.83. The highest BCUT2D eigenvalue weighted by Crippen LogP contribution is 2.19.